The number of nitrogens with one attached hydrogen (secondary N) is 1. The number of benzene rings is 1. The van der Waals surface area contributed by atoms with Gasteiger partial charge in [-0.25, -0.2) is 4.39 Å². The maximum atomic E-state index is 13.2. The average molecular weight is 331 g/mol. The zero-order valence-corrected chi connectivity index (χ0v) is 13.8. The van der Waals surface area contributed by atoms with Crippen LogP contribution < -0.4 is 11.1 Å². The van der Waals surface area contributed by atoms with Crippen LogP contribution in [-0.2, 0) is 4.79 Å². The van der Waals surface area contributed by atoms with E-state index in [1.54, 1.807) is 0 Å². The van der Waals surface area contributed by atoms with Gasteiger partial charge in [0, 0.05) is 5.69 Å². The number of hydrogen-bond acceptors (Lipinski definition) is 2. The summed E-state index contributed by atoms with van der Waals surface area (Å²) >= 11 is 10.8. The van der Waals surface area contributed by atoms with Crippen molar-refractivity contribution in [2.24, 2.45) is 11.1 Å². The number of amides is 1. The number of thiocarbonyl (C=S) groups is 1. The van der Waals surface area contributed by atoms with Crippen molar-refractivity contribution in [2.75, 3.05) is 5.32 Å². The van der Waals surface area contributed by atoms with E-state index in [1.807, 2.05) is 13.8 Å². The van der Waals surface area contributed by atoms with Crippen LogP contribution in [0.2, 0.25) is 5.02 Å². The second kappa shape index (κ2) is 7.71. The first kappa shape index (κ1) is 17.9. The van der Waals surface area contributed by atoms with Gasteiger partial charge in [0.2, 0.25) is 5.91 Å². The minimum absolute atomic E-state index is 0.0419. The van der Waals surface area contributed by atoms with Crippen molar-refractivity contribution in [1.82, 2.24) is 0 Å². The molecule has 0 aliphatic heterocycles. The van der Waals surface area contributed by atoms with Crippen LogP contribution in [-0.4, -0.2) is 10.9 Å². The molecule has 0 saturated carbocycles. The Morgan fingerprint density at radius 1 is 1.38 bits per heavy atom. The first-order chi connectivity index (χ1) is 9.87. The van der Waals surface area contributed by atoms with E-state index in [9.17, 15) is 9.18 Å². The van der Waals surface area contributed by atoms with E-state index >= 15 is 0 Å². The molecule has 0 aliphatic rings. The second-order valence-electron chi connectivity index (χ2n) is 5.03. The molecule has 1 amide bonds. The number of hydrogen-bond donors (Lipinski definition) is 2. The maximum absolute atomic E-state index is 13.2. The van der Waals surface area contributed by atoms with Gasteiger partial charge in [0.05, 0.1) is 15.4 Å². The summed E-state index contributed by atoms with van der Waals surface area (Å²) in [6.07, 6.45) is 2.73. The van der Waals surface area contributed by atoms with Gasteiger partial charge in [-0.3, -0.25) is 4.79 Å². The first-order valence-corrected chi connectivity index (χ1v) is 7.72. The van der Waals surface area contributed by atoms with E-state index in [0.717, 1.165) is 12.8 Å². The summed E-state index contributed by atoms with van der Waals surface area (Å²) in [7, 11) is 0. The molecule has 1 aromatic carbocycles. The van der Waals surface area contributed by atoms with Gasteiger partial charge in [0.1, 0.15) is 5.82 Å². The molecular formula is C15H20ClFN2OS. The van der Waals surface area contributed by atoms with Crippen LogP contribution in [0.1, 0.15) is 39.5 Å². The van der Waals surface area contributed by atoms with Crippen molar-refractivity contribution >= 4 is 40.4 Å². The molecule has 0 radical (unpaired) electrons. The van der Waals surface area contributed by atoms with E-state index < -0.39 is 11.2 Å². The standard InChI is InChI=1S/C15H20ClFN2OS/c1-3-7-15(8-4-2,13(18)21)14(20)19-10-5-6-12(17)11(16)9-10/h5-6,9H,3-4,7-8H2,1-2H3,(H2,18,21)(H,19,20). The Morgan fingerprint density at radius 2 is 1.95 bits per heavy atom. The third-order valence-corrected chi connectivity index (χ3v) is 4.12. The molecule has 0 heterocycles. The van der Waals surface area contributed by atoms with Crippen molar-refractivity contribution in [3.8, 4) is 0 Å². The van der Waals surface area contributed by atoms with Crippen LogP contribution in [0.25, 0.3) is 0 Å². The van der Waals surface area contributed by atoms with Crippen LogP contribution in [0.3, 0.4) is 0 Å². The van der Waals surface area contributed by atoms with Gasteiger partial charge in [-0.1, -0.05) is 50.5 Å². The summed E-state index contributed by atoms with van der Waals surface area (Å²) < 4.78 is 13.2. The SMILES string of the molecule is CCCC(CCC)(C(=O)Nc1ccc(F)c(Cl)c1)C(N)=S. The van der Waals surface area contributed by atoms with Crippen molar-refractivity contribution < 1.29 is 9.18 Å². The highest BCUT2D eigenvalue weighted by atomic mass is 35.5. The molecule has 3 N–H and O–H groups in total. The Balaban J connectivity index is 3.04. The van der Waals surface area contributed by atoms with Crippen molar-refractivity contribution in [3.05, 3.63) is 29.0 Å². The van der Waals surface area contributed by atoms with E-state index in [0.29, 0.717) is 18.5 Å². The highest BCUT2D eigenvalue weighted by Crippen LogP contribution is 2.32. The fourth-order valence-electron chi connectivity index (χ4n) is 2.39. The van der Waals surface area contributed by atoms with Crippen LogP contribution >= 0.6 is 23.8 Å². The van der Waals surface area contributed by atoms with Crippen LogP contribution in [0.4, 0.5) is 10.1 Å². The molecular weight excluding hydrogens is 311 g/mol. The Labute approximate surface area is 135 Å². The molecule has 0 atom stereocenters. The number of carbonyl (C=O) groups excluding carboxylic acids is 1. The summed E-state index contributed by atoms with van der Waals surface area (Å²) in [6.45, 7) is 3.95. The summed E-state index contributed by atoms with van der Waals surface area (Å²) in [5.74, 6) is -0.793. The number of carbonyl (C=O) groups is 1. The molecule has 0 unspecified atom stereocenters. The fraction of sp³-hybridized carbons (Fsp3) is 0.467. The van der Waals surface area contributed by atoms with E-state index in [1.165, 1.54) is 18.2 Å². The summed E-state index contributed by atoms with van der Waals surface area (Å²) in [5, 5.41) is 2.70. The largest absolute Gasteiger partial charge is 0.392 e. The first-order valence-electron chi connectivity index (χ1n) is 6.93. The maximum Gasteiger partial charge on any atom is 0.237 e. The lowest BCUT2D eigenvalue weighted by molar-refractivity contribution is -0.122. The quantitative estimate of drug-likeness (QED) is 0.733. The molecule has 6 heteroatoms. The lowest BCUT2D eigenvalue weighted by Crippen LogP contribution is -2.46. The Morgan fingerprint density at radius 3 is 2.38 bits per heavy atom. The zero-order valence-electron chi connectivity index (χ0n) is 12.2. The normalized spacial score (nSPS) is 11.2. The van der Waals surface area contributed by atoms with E-state index in [-0.39, 0.29) is 15.9 Å². The Kier molecular flexibility index (Phi) is 6.55. The molecule has 0 fully saturated rings. The monoisotopic (exact) mass is 330 g/mol. The average Bonchev–Trinajstić information content (AvgIpc) is 2.42. The smallest absolute Gasteiger partial charge is 0.237 e. The summed E-state index contributed by atoms with van der Waals surface area (Å²) in [5.41, 5.74) is 5.39. The lowest BCUT2D eigenvalue weighted by atomic mass is 9.78. The van der Waals surface area contributed by atoms with Crippen LogP contribution in [0.5, 0.6) is 0 Å². The minimum Gasteiger partial charge on any atom is -0.392 e. The van der Waals surface area contributed by atoms with E-state index in [4.69, 9.17) is 29.6 Å². The summed E-state index contributed by atoms with van der Waals surface area (Å²) in [4.78, 5) is 12.8. The van der Waals surface area contributed by atoms with Gasteiger partial charge in [0.15, 0.2) is 0 Å². The van der Waals surface area contributed by atoms with Crippen molar-refractivity contribution in [3.63, 3.8) is 0 Å². The molecule has 1 aromatic rings. The summed E-state index contributed by atoms with van der Waals surface area (Å²) in [6, 6.07) is 4.04. The van der Waals surface area contributed by atoms with Crippen LogP contribution in [0, 0.1) is 11.2 Å². The van der Waals surface area contributed by atoms with Crippen LogP contribution in [0.15, 0.2) is 18.2 Å². The fourth-order valence-corrected chi connectivity index (χ4v) is 2.87. The molecule has 0 aromatic heterocycles. The van der Waals surface area contributed by atoms with Crippen molar-refractivity contribution in [2.45, 2.75) is 39.5 Å². The minimum atomic E-state index is -0.875. The second-order valence-corrected chi connectivity index (χ2v) is 5.88. The number of halogens is 2. The lowest BCUT2D eigenvalue weighted by Gasteiger charge is -2.31. The predicted octanol–water partition coefficient (Wildman–Crippen LogP) is 4.29. The molecule has 0 bridgehead atoms. The third kappa shape index (κ3) is 4.14. The molecule has 0 aliphatic carbocycles. The molecule has 0 spiro atoms. The van der Waals surface area contributed by atoms with Gasteiger partial charge < -0.3 is 11.1 Å². The molecule has 1 rings (SSSR count). The van der Waals surface area contributed by atoms with Gasteiger partial charge in [0.25, 0.3) is 0 Å². The van der Waals surface area contributed by atoms with Gasteiger partial charge in [-0.15, -0.1) is 0 Å². The zero-order chi connectivity index (χ0) is 16.0. The van der Waals surface area contributed by atoms with Gasteiger partial charge in [-0.05, 0) is 31.0 Å². The topological polar surface area (TPSA) is 55.1 Å². The third-order valence-electron chi connectivity index (χ3n) is 3.44. The van der Waals surface area contributed by atoms with E-state index in [2.05, 4.69) is 5.32 Å². The molecule has 21 heavy (non-hydrogen) atoms. The molecule has 3 nitrogen and oxygen atoms in total. The highest BCUT2D eigenvalue weighted by molar-refractivity contribution is 7.80. The predicted molar refractivity (Wildman–Crippen MR) is 89.1 cm³/mol. The number of nitrogens with two attached hydrogens (primary N) is 1. The molecule has 116 valence electrons. The molecule has 0 saturated heterocycles. The highest BCUT2D eigenvalue weighted by Gasteiger charge is 2.39. The number of anilines is 1. The van der Waals surface area contributed by atoms with Gasteiger partial charge >= 0.3 is 0 Å². The number of rotatable bonds is 7. The Bertz CT molecular complexity index is 530. The van der Waals surface area contributed by atoms with Gasteiger partial charge in [-0.2, -0.15) is 0 Å². The Hall–Kier alpha value is -1.20. The van der Waals surface area contributed by atoms with Crippen molar-refractivity contribution in [1.29, 1.82) is 0 Å².